The van der Waals surface area contributed by atoms with Crippen LogP contribution >= 0.6 is 0 Å². The monoisotopic (exact) mass is 633 g/mol. The maximum atomic E-state index is 14.2. The number of ether oxygens (including phenoxy) is 3. The molecule has 4 rings (SSSR count). The predicted octanol–water partition coefficient (Wildman–Crippen LogP) is 7.11. The minimum Gasteiger partial charge on any atom is -0.497 e. The number of nitrogens with one attached hydrogen (secondary N) is 1. The molecular weight excluding hydrogens is 597 g/mol. The molecule has 2 aromatic carbocycles. The van der Waals surface area contributed by atoms with Crippen LogP contribution in [0.4, 0.5) is 25.7 Å². The lowest BCUT2D eigenvalue weighted by atomic mass is 10.0. The van der Waals surface area contributed by atoms with Gasteiger partial charge < -0.3 is 18.7 Å². The fourth-order valence-electron chi connectivity index (χ4n) is 4.18. The van der Waals surface area contributed by atoms with Gasteiger partial charge >= 0.3 is 12.2 Å². The molecule has 12 nitrogen and oxygen atoms in total. The number of rotatable bonds is 7. The number of nitrogens with zero attached hydrogens (tertiary/aromatic N) is 4. The minimum atomic E-state index is -1.03. The molecule has 1 N–H and O–H groups in total. The largest absolute Gasteiger partial charge is 0.497 e. The number of hydrogen-bond donors (Lipinski definition) is 1. The number of aryl methyl sites for hydroxylation is 1. The van der Waals surface area contributed by atoms with Crippen LogP contribution in [0, 0.1) is 12.7 Å². The summed E-state index contributed by atoms with van der Waals surface area (Å²) >= 11 is 0. The first-order valence-corrected chi connectivity index (χ1v) is 14.3. The second kappa shape index (κ2) is 13.3. The van der Waals surface area contributed by atoms with E-state index in [1.165, 1.54) is 31.5 Å². The van der Waals surface area contributed by atoms with Crippen molar-refractivity contribution in [1.82, 2.24) is 15.1 Å². The van der Waals surface area contributed by atoms with Crippen molar-refractivity contribution in [2.75, 3.05) is 17.3 Å². The summed E-state index contributed by atoms with van der Waals surface area (Å²) in [5.41, 5.74) is -0.138. The van der Waals surface area contributed by atoms with Gasteiger partial charge in [-0.15, -0.1) is 0 Å². The highest BCUT2D eigenvalue weighted by atomic mass is 19.1. The SMILES string of the molecule is COc1cccc(CC(=O)Nc2onc(-c3ccc(F)c(C)c3)c2-c2nccc(N(C(=O)OC(C)(C)C)C(=O)OC(C)(C)C)n2)c1. The molecule has 3 amide bonds. The van der Waals surface area contributed by atoms with E-state index in [-0.39, 0.29) is 35.2 Å². The molecule has 0 unspecified atom stereocenters. The quantitative estimate of drug-likeness (QED) is 0.223. The molecule has 0 aliphatic carbocycles. The highest BCUT2D eigenvalue weighted by molar-refractivity contribution is 6.09. The smallest absolute Gasteiger partial charge is 0.425 e. The number of halogens is 1. The number of imide groups is 1. The van der Waals surface area contributed by atoms with Crippen LogP contribution in [0.2, 0.25) is 0 Å². The van der Waals surface area contributed by atoms with Gasteiger partial charge in [0, 0.05) is 17.8 Å². The third-order valence-corrected chi connectivity index (χ3v) is 6.12. The van der Waals surface area contributed by atoms with Crippen molar-refractivity contribution in [3.05, 3.63) is 71.7 Å². The number of carbonyl (C=O) groups excluding carboxylic acids is 3. The Bertz CT molecular complexity index is 1730. The van der Waals surface area contributed by atoms with Gasteiger partial charge in [0.1, 0.15) is 34.0 Å². The molecule has 0 aliphatic heterocycles. The zero-order valence-electron chi connectivity index (χ0n) is 26.9. The molecule has 0 aliphatic rings. The van der Waals surface area contributed by atoms with Gasteiger partial charge in [0.05, 0.1) is 13.5 Å². The number of methoxy groups -OCH3 is 1. The van der Waals surface area contributed by atoms with Crippen LogP contribution < -0.4 is 15.0 Å². The second-order valence-corrected chi connectivity index (χ2v) is 12.3. The number of aromatic nitrogens is 3. The van der Waals surface area contributed by atoms with Gasteiger partial charge in [-0.1, -0.05) is 17.3 Å². The fourth-order valence-corrected chi connectivity index (χ4v) is 4.18. The van der Waals surface area contributed by atoms with Crippen molar-refractivity contribution in [2.24, 2.45) is 0 Å². The highest BCUT2D eigenvalue weighted by Gasteiger charge is 2.34. The third kappa shape index (κ3) is 8.43. The van der Waals surface area contributed by atoms with E-state index in [2.05, 4.69) is 20.4 Å². The Morgan fingerprint density at radius 3 is 2.24 bits per heavy atom. The van der Waals surface area contributed by atoms with Gasteiger partial charge in [0.2, 0.25) is 11.8 Å². The zero-order chi connectivity index (χ0) is 33.8. The Labute approximate surface area is 265 Å². The summed E-state index contributed by atoms with van der Waals surface area (Å²) in [6.45, 7) is 11.5. The molecule has 242 valence electrons. The summed E-state index contributed by atoms with van der Waals surface area (Å²) in [7, 11) is 1.53. The molecule has 0 fully saturated rings. The van der Waals surface area contributed by atoms with E-state index < -0.39 is 35.1 Å². The van der Waals surface area contributed by atoms with Gasteiger partial charge in [0.15, 0.2) is 11.6 Å². The van der Waals surface area contributed by atoms with Crippen LogP contribution in [0.25, 0.3) is 22.6 Å². The van der Waals surface area contributed by atoms with Crippen LogP contribution in [-0.2, 0) is 20.7 Å². The Balaban J connectivity index is 1.81. The summed E-state index contributed by atoms with van der Waals surface area (Å²) in [5, 5.41) is 6.86. The van der Waals surface area contributed by atoms with Crippen molar-refractivity contribution in [2.45, 2.75) is 66.1 Å². The molecule has 0 bridgehead atoms. The predicted molar refractivity (Wildman–Crippen MR) is 168 cm³/mol. The van der Waals surface area contributed by atoms with Gasteiger partial charge in [-0.2, -0.15) is 4.90 Å². The standard InChI is InChI=1S/C33H36FN5O7/c1-19-16-21(12-13-23(19)34)27-26(29(46-38-27)37-25(40)18-20-10-9-11-22(17-20)43-8)28-35-15-14-24(36-28)39(30(41)44-32(2,3)4)31(42)45-33(5,6)7/h9-17H,18H2,1-8H3,(H,37,40). The molecule has 2 aromatic heterocycles. The van der Waals surface area contributed by atoms with Crippen molar-refractivity contribution in [3.8, 4) is 28.4 Å². The fraction of sp³-hybridized carbons (Fsp3) is 0.333. The number of hydrogen-bond acceptors (Lipinski definition) is 10. The molecule has 0 saturated carbocycles. The summed E-state index contributed by atoms with van der Waals surface area (Å²) < 4.78 is 36.0. The Morgan fingerprint density at radius 2 is 1.63 bits per heavy atom. The number of amides is 3. The summed E-state index contributed by atoms with van der Waals surface area (Å²) in [5.74, 6) is -0.640. The average Bonchev–Trinajstić information content (AvgIpc) is 3.36. The third-order valence-electron chi connectivity index (χ3n) is 6.12. The number of anilines is 2. The van der Waals surface area contributed by atoms with Crippen molar-refractivity contribution < 1.29 is 37.5 Å². The molecule has 46 heavy (non-hydrogen) atoms. The molecular formula is C33H36FN5O7. The van der Waals surface area contributed by atoms with Crippen molar-refractivity contribution in [1.29, 1.82) is 0 Å². The van der Waals surface area contributed by atoms with Gasteiger partial charge in [-0.25, -0.2) is 23.9 Å². The Morgan fingerprint density at radius 1 is 0.957 bits per heavy atom. The summed E-state index contributed by atoms with van der Waals surface area (Å²) in [6, 6.07) is 12.7. The molecule has 0 atom stereocenters. The Hall–Kier alpha value is -5.33. The number of carbonyl (C=O) groups is 3. The van der Waals surface area contributed by atoms with Gasteiger partial charge in [-0.3, -0.25) is 10.1 Å². The molecule has 0 saturated heterocycles. The zero-order valence-corrected chi connectivity index (χ0v) is 26.9. The topological polar surface area (TPSA) is 146 Å². The van der Waals surface area contributed by atoms with Crippen LogP contribution in [0.5, 0.6) is 5.75 Å². The Kier molecular flexibility index (Phi) is 9.74. The lowest BCUT2D eigenvalue weighted by Crippen LogP contribution is -2.44. The van der Waals surface area contributed by atoms with Crippen LogP contribution in [0.3, 0.4) is 0 Å². The van der Waals surface area contributed by atoms with Crippen LogP contribution in [0.15, 0.2) is 59.3 Å². The highest BCUT2D eigenvalue weighted by Crippen LogP contribution is 2.37. The van der Waals surface area contributed by atoms with E-state index >= 15 is 0 Å². The van der Waals surface area contributed by atoms with E-state index in [0.717, 1.165) is 0 Å². The van der Waals surface area contributed by atoms with E-state index in [4.69, 9.17) is 18.7 Å². The van der Waals surface area contributed by atoms with E-state index in [1.807, 2.05) is 0 Å². The summed E-state index contributed by atoms with van der Waals surface area (Å²) in [4.78, 5) is 49.2. The molecule has 0 radical (unpaired) electrons. The molecule has 4 aromatic rings. The number of benzene rings is 2. The molecule has 0 spiro atoms. The molecule has 2 heterocycles. The van der Waals surface area contributed by atoms with Crippen molar-refractivity contribution in [3.63, 3.8) is 0 Å². The van der Waals surface area contributed by atoms with E-state index in [0.29, 0.717) is 27.3 Å². The first-order chi connectivity index (χ1) is 21.5. The lowest BCUT2D eigenvalue weighted by Gasteiger charge is -2.28. The maximum Gasteiger partial charge on any atom is 0.425 e. The van der Waals surface area contributed by atoms with E-state index in [9.17, 15) is 18.8 Å². The summed E-state index contributed by atoms with van der Waals surface area (Å²) in [6.07, 6.45) is -0.779. The maximum absolute atomic E-state index is 14.2. The average molecular weight is 634 g/mol. The molecule has 13 heteroatoms. The van der Waals surface area contributed by atoms with Crippen LogP contribution in [0.1, 0.15) is 52.7 Å². The normalized spacial score (nSPS) is 11.5. The second-order valence-electron chi connectivity index (χ2n) is 12.3. The minimum absolute atomic E-state index is 0.0334. The van der Waals surface area contributed by atoms with Gasteiger partial charge in [0.25, 0.3) is 0 Å². The van der Waals surface area contributed by atoms with Crippen molar-refractivity contribution >= 4 is 29.8 Å². The van der Waals surface area contributed by atoms with Crippen LogP contribution in [-0.4, -0.2) is 51.5 Å². The van der Waals surface area contributed by atoms with Gasteiger partial charge in [-0.05, 0) is 89.9 Å². The first kappa shape index (κ1) is 33.6. The lowest BCUT2D eigenvalue weighted by molar-refractivity contribution is -0.115. The van der Waals surface area contributed by atoms with E-state index in [1.54, 1.807) is 78.8 Å². The first-order valence-electron chi connectivity index (χ1n) is 14.3.